The van der Waals surface area contributed by atoms with Gasteiger partial charge < -0.3 is 9.80 Å². The fourth-order valence-electron chi connectivity index (χ4n) is 7.24. The van der Waals surface area contributed by atoms with Crippen molar-refractivity contribution < 1.29 is 0 Å². The maximum absolute atomic E-state index is 2.46. The van der Waals surface area contributed by atoms with E-state index in [4.69, 9.17) is 0 Å². The molecule has 2 heteroatoms. The number of allylic oxidation sites excluding steroid dienone is 3. The Kier molecular flexibility index (Phi) is 6.87. The Morgan fingerprint density at radius 1 is 0.457 bits per heavy atom. The summed E-state index contributed by atoms with van der Waals surface area (Å²) in [6.07, 6.45) is 6.70. The minimum absolute atomic E-state index is 0.898. The van der Waals surface area contributed by atoms with E-state index < -0.39 is 0 Å². The largest absolute Gasteiger partial charge is 0.310 e. The minimum Gasteiger partial charge on any atom is -0.310 e. The average Bonchev–Trinajstić information content (AvgIpc) is 3.07. The number of hydrogen-bond donors (Lipinski definition) is 0. The van der Waals surface area contributed by atoms with E-state index >= 15 is 0 Å². The summed E-state index contributed by atoms with van der Waals surface area (Å²) in [5.41, 5.74) is 17.7. The summed E-state index contributed by atoms with van der Waals surface area (Å²) in [5.74, 6) is 0. The van der Waals surface area contributed by atoms with Crippen molar-refractivity contribution >= 4 is 44.8 Å². The van der Waals surface area contributed by atoms with Gasteiger partial charge in [0.2, 0.25) is 0 Å². The van der Waals surface area contributed by atoms with Gasteiger partial charge in [0.1, 0.15) is 0 Å². The Morgan fingerprint density at radius 3 is 1.65 bits per heavy atom. The normalized spacial score (nSPS) is 13.3. The van der Waals surface area contributed by atoms with Gasteiger partial charge >= 0.3 is 0 Å². The van der Waals surface area contributed by atoms with Crippen LogP contribution in [-0.2, 0) is 12.8 Å². The standard InChI is InChI=1S/C44H38N2/c1-29-11-19-35(20-12-29)45(37-9-5-7-31(3)27-37)41-25-17-33-16-24-40-42(26-18-34-15-23-39(41)43(33)44(34)40)46(36-21-13-30(2)14-22-36)38-10-6-8-32(4)28-38/h5-15,17,19-28H,16,18H2,1-4H3. The highest BCUT2D eigenvalue weighted by molar-refractivity contribution is 6.10. The van der Waals surface area contributed by atoms with E-state index in [-0.39, 0.29) is 0 Å². The highest BCUT2D eigenvalue weighted by atomic mass is 15.2. The van der Waals surface area contributed by atoms with Crippen LogP contribution in [0.3, 0.4) is 0 Å². The summed E-state index contributed by atoms with van der Waals surface area (Å²) < 4.78 is 0. The molecule has 2 aliphatic carbocycles. The van der Waals surface area contributed by atoms with Crippen LogP contribution in [-0.4, -0.2) is 0 Å². The third kappa shape index (κ3) is 4.82. The van der Waals surface area contributed by atoms with Crippen LogP contribution in [0.1, 0.15) is 38.9 Å². The van der Waals surface area contributed by atoms with Gasteiger partial charge in [-0.05, 0) is 128 Å². The first-order valence-electron chi connectivity index (χ1n) is 16.3. The predicted octanol–water partition coefficient (Wildman–Crippen LogP) is 11.8. The molecule has 6 aromatic rings. The first kappa shape index (κ1) is 28.2. The molecule has 0 aliphatic heterocycles. The zero-order valence-electron chi connectivity index (χ0n) is 27.0. The first-order valence-corrected chi connectivity index (χ1v) is 16.3. The molecule has 224 valence electrons. The van der Waals surface area contributed by atoms with Gasteiger partial charge in [-0.25, -0.2) is 0 Å². The van der Waals surface area contributed by atoms with E-state index in [0.717, 1.165) is 12.8 Å². The molecule has 0 bridgehead atoms. The van der Waals surface area contributed by atoms with Crippen LogP contribution in [0.25, 0.3) is 16.3 Å². The molecule has 8 rings (SSSR count). The molecule has 0 N–H and O–H groups in total. The molecule has 0 atom stereocenters. The second-order valence-electron chi connectivity index (χ2n) is 12.9. The highest BCUT2D eigenvalue weighted by Crippen LogP contribution is 2.49. The van der Waals surface area contributed by atoms with E-state index in [0.29, 0.717) is 0 Å². The lowest BCUT2D eigenvalue weighted by molar-refractivity contribution is 1.11. The van der Waals surface area contributed by atoms with Crippen molar-refractivity contribution in [3.8, 4) is 0 Å². The number of aryl methyl sites for hydroxylation is 4. The van der Waals surface area contributed by atoms with Crippen LogP contribution in [0.15, 0.2) is 139 Å². The summed E-state index contributed by atoms with van der Waals surface area (Å²) in [7, 11) is 0. The second-order valence-corrected chi connectivity index (χ2v) is 12.9. The summed E-state index contributed by atoms with van der Waals surface area (Å²) in [6.45, 7) is 8.66. The van der Waals surface area contributed by atoms with E-state index in [9.17, 15) is 0 Å². The molecule has 0 radical (unpaired) electrons. The molecule has 46 heavy (non-hydrogen) atoms. The fourth-order valence-corrected chi connectivity index (χ4v) is 7.24. The van der Waals surface area contributed by atoms with Gasteiger partial charge in [-0.3, -0.25) is 0 Å². The van der Waals surface area contributed by atoms with E-state index in [1.807, 2.05) is 0 Å². The van der Waals surface area contributed by atoms with E-state index in [1.54, 1.807) is 0 Å². The summed E-state index contributed by atoms with van der Waals surface area (Å²) in [4.78, 5) is 4.89. The second kappa shape index (κ2) is 11.2. The van der Waals surface area contributed by atoms with Crippen LogP contribution in [0.5, 0.6) is 0 Å². The molecule has 0 unspecified atom stereocenters. The van der Waals surface area contributed by atoms with Crippen molar-refractivity contribution in [1.29, 1.82) is 0 Å². The number of benzene rings is 6. The average molecular weight is 595 g/mol. The van der Waals surface area contributed by atoms with E-state index in [2.05, 4.69) is 171 Å². The number of hydrogen-bond acceptors (Lipinski definition) is 2. The van der Waals surface area contributed by atoms with Gasteiger partial charge in [-0.1, -0.05) is 90.0 Å². The minimum atomic E-state index is 0.898. The molecular weight excluding hydrogens is 556 g/mol. The van der Waals surface area contributed by atoms with Gasteiger partial charge in [0, 0.05) is 33.7 Å². The van der Waals surface area contributed by atoms with Gasteiger partial charge in [-0.15, -0.1) is 0 Å². The SMILES string of the molecule is Cc1ccc(N(C2=CCc3ccc4c(N(c5ccc(C)cc5)c5cccc(C)c5)ccc5c4c3C2=CC5)c2cccc(C)c2)cc1. The number of anilines is 5. The van der Waals surface area contributed by atoms with Crippen molar-refractivity contribution in [2.45, 2.75) is 40.5 Å². The Hall–Kier alpha value is -5.34. The Balaban J connectivity index is 1.32. The molecule has 0 spiro atoms. The quantitative estimate of drug-likeness (QED) is 0.189. The topological polar surface area (TPSA) is 6.48 Å². The molecule has 0 aromatic heterocycles. The van der Waals surface area contributed by atoms with E-state index in [1.165, 1.54) is 89.4 Å². The molecular formula is C44H38N2. The van der Waals surface area contributed by atoms with Crippen molar-refractivity contribution in [2.75, 3.05) is 9.80 Å². The van der Waals surface area contributed by atoms with Crippen LogP contribution < -0.4 is 9.80 Å². The zero-order valence-corrected chi connectivity index (χ0v) is 27.0. The number of nitrogens with zero attached hydrogens (tertiary/aromatic N) is 2. The summed E-state index contributed by atoms with van der Waals surface area (Å²) >= 11 is 0. The third-order valence-corrected chi connectivity index (χ3v) is 9.50. The van der Waals surface area contributed by atoms with Crippen LogP contribution in [0.4, 0.5) is 28.4 Å². The molecule has 0 fully saturated rings. The fraction of sp³-hybridized carbons (Fsp3) is 0.136. The molecule has 2 aliphatic rings. The summed E-state index contributed by atoms with van der Waals surface area (Å²) in [6, 6.07) is 45.0. The van der Waals surface area contributed by atoms with Crippen molar-refractivity contribution in [3.05, 3.63) is 178 Å². The molecule has 0 saturated carbocycles. The van der Waals surface area contributed by atoms with Gasteiger partial charge in [0.25, 0.3) is 0 Å². The smallest absolute Gasteiger partial charge is 0.0540 e. The van der Waals surface area contributed by atoms with Gasteiger partial charge in [-0.2, -0.15) is 0 Å². The van der Waals surface area contributed by atoms with Gasteiger partial charge in [0.05, 0.1) is 11.4 Å². The number of rotatable bonds is 6. The predicted molar refractivity (Wildman–Crippen MR) is 196 cm³/mol. The van der Waals surface area contributed by atoms with Crippen LogP contribution >= 0.6 is 0 Å². The Morgan fingerprint density at radius 2 is 1.02 bits per heavy atom. The van der Waals surface area contributed by atoms with Crippen molar-refractivity contribution in [3.63, 3.8) is 0 Å². The lowest BCUT2D eigenvalue weighted by Gasteiger charge is -2.35. The lowest BCUT2D eigenvalue weighted by Crippen LogP contribution is -2.22. The first-order chi connectivity index (χ1) is 22.4. The van der Waals surface area contributed by atoms with Crippen LogP contribution in [0, 0.1) is 27.7 Å². The Bertz CT molecular complexity index is 2180. The molecule has 0 heterocycles. The van der Waals surface area contributed by atoms with Gasteiger partial charge in [0.15, 0.2) is 0 Å². The van der Waals surface area contributed by atoms with Crippen molar-refractivity contribution in [2.24, 2.45) is 0 Å². The molecule has 2 nitrogen and oxygen atoms in total. The van der Waals surface area contributed by atoms with Crippen molar-refractivity contribution in [1.82, 2.24) is 0 Å². The lowest BCUT2D eigenvalue weighted by atomic mass is 9.79. The zero-order chi connectivity index (χ0) is 31.4. The molecule has 0 saturated heterocycles. The maximum atomic E-state index is 2.46. The molecule has 0 amide bonds. The monoisotopic (exact) mass is 594 g/mol. The highest BCUT2D eigenvalue weighted by Gasteiger charge is 2.30. The van der Waals surface area contributed by atoms with Crippen LogP contribution in [0.2, 0.25) is 0 Å². The third-order valence-electron chi connectivity index (χ3n) is 9.50. The summed E-state index contributed by atoms with van der Waals surface area (Å²) in [5, 5.41) is 2.68. The maximum Gasteiger partial charge on any atom is 0.0540 e. The Labute approximate surface area is 272 Å². The molecule has 6 aromatic carbocycles.